The quantitative estimate of drug-likeness (QED) is 0.575. The molecule has 0 fully saturated rings. The fraction of sp³-hybridized carbons (Fsp3) is 0.278. The van der Waals surface area contributed by atoms with Crippen LogP contribution in [0.2, 0.25) is 0 Å². The Morgan fingerprint density at radius 3 is 2.71 bits per heavy atom. The van der Waals surface area contributed by atoms with Gasteiger partial charge < -0.3 is 4.57 Å². The van der Waals surface area contributed by atoms with Crippen molar-refractivity contribution in [2.75, 3.05) is 5.43 Å². The Hall–Kier alpha value is -2.89. The lowest BCUT2D eigenvalue weighted by Gasteiger charge is -2.14. The standard InChI is InChI=1S/C18H22N6/c1-13(2)24-18(8-10-21-24)23-14(3)11-16(15(23)4)12-20-22-17-7-5-6-9-19-17/h5-13H,1-4H3,(H,19,22)/b20-12-. The topological polar surface area (TPSA) is 60.0 Å². The molecule has 0 bridgehead atoms. The van der Waals surface area contributed by atoms with E-state index in [1.54, 1.807) is 6.20 Å². The highest BCUT2D eigenvalue weighted by atomic mass is 15.4. The molecule has 6 heteroatoms. The molecule has 6 nitrogen and oxygen atoms in total. The van der Waals surface area contributed by atoms with Gasteiger partial charge in [-0.05, 0) is 45.9 Å². The largest absolute Gasteiger partial charge is 0.303 e. The van der Waals surface area contributed by atoms with Crippen LogP contribution in [-0.4, -0.2) is 25.5 Å². The number of rotatable bonds is 5. The molecule has 0 unspecified atom stereocenters. The fourth-order valence-electron chi connectivity index (χ4n) is 2.75. The molecule has 0 aromatic carbocycles. The number of anilines is 1. The molecule has 3 aromatic rings. The summed E-state index contributed by atoms with van der Waals surface area (Å²) in [7, 11) is 0. The van der Waals surface area contributed by atoms with Gasteiger partial charge in [0.15, 0.2) is 0 Å². The van der Waals surface area contributed by atoms with E-state index >= 15 is 0 Å². The number of hydrazone groups is 1. The first-order valence-electron chi connectivity index (χ1n) is 8.01. The maximum Gasteiger partial charge on any atom is 0.146 e. The molecule has 0 atom stereocenters. The molecule has 0 aliphatic carbocycles. The minimum atomic E-state index is 0.305. The van der Waals surface area contributed by atoms with Gasteiger partial charge in [0.1, 0.15) is 11.6 Å². The van der Waals surface area contributed by atoms with Crippen LogP contribution >= 0.6 is 0 Å². The summed E-state index contributed by atoms with van der Waals surface area (Å²) in [4.78, 5) is 4.19. The van der Waals surface area contributed by atoms with E-state index in [1.165, 1.54) is 0 Å². The average molecular weight is 322 g/mol. The highest BCUT2D eigenvalue weighted by Gasteiger charge is 2.14. The van der Waals surface area contributed by atoms with E-state index in [0.29, 0.717) is 6.04 Å². The summed E-state index contributed by atoms with van der Waals surface area (Å²) in [6, 6.07) is 10.1. The lowest BCUT2D eigenvalue weighted by molar-refractivity contribution is 0.519. The van der Waals surface area contributed by atoms with Gasteiger partial charge in [0.2, 0.25) is 0 Å². The molecule has 124 valence electrons. The highest BCUT2D eigenvalue weighted by Crippen LogP contribution is 2.21. The Morgan fingerprint density at radius 1 is 1.17 bits per heavy atom. The maximum atomic E-state index is 4.43. The second kappa shape index (κ2) is 6.70. The van der Waals surface area contributed by atoms with Crippen molar-refractivity contribution in [3.8, 4) is 5.82 Å². The van der Waals surface area contributed by atoms with E-state index in [4.69, 9.17) is 0 Å². The molecule has 0 radical (unpaired) electrons. The summed E-state index contributed by atoms with van der Waals surface area (Å²) in [6.45, 7) is 8.44. The number of hydrogen-bond acceptors (Lipinski definition) is 4. The first kappa shape index (κ1) is 16.0. The van der Waals surface area contributed by atoms with Gasteiger partial charge in [-0.1, -0.05) is 6.07 Å². The zero-order chi connectivity index (χ0) is 17.1. The van der Waals surface area contributed by atoms with Gasteiger partial charge >= 0.3 is 0 Å². The third-order valence-electron chi connectivity index (χ3n) is 3.89. The van der Waals surface area contributed by atoms with Gasteiger partial charge in [0.25, 0.3) is 0 Å². The van der Waals surface area contributed by atoms with Crippen molar-refractivity contribution in [3.05, 3.63) is 59.7 Å². The smallest absolute Gasteiger partial charge is 0.146 e. The van der Waals surface area contributed by atoms with E-state index in [9.17, 15) is 0 Å². The van der Waals surface area contributed by atoms with Gasteiger partial charge in [-0.25, -0.2) is 9.67 Å². The molecule has 1 N–H and O–H groups in total. The summed E-state index contributed by atoms with van der Waals surface area (Å²) >= 11 is 0. The van der Waals surface area contributed by atoms with Crippen molar-refractivity contribution >= 4 is 12.0 Å². The van der Waals surface area contributed by atoms with E-state index in [1.807, 2.05) is 41.4 Å². The molecule has 0 aliphatic heterocycles. The Balaban J connectivity index is 1.88. The summed E-state index contributed by atoms with van der Waals surface area (Å²) in [5.41, 5.74) is 6.28. The number of nitrogens with zero attached hydrogens (tertiary/aromatic N) is 5. The maximum absolute atomic E-state index is 4.43. The van der Waals surface area contributed by atoms with Gasteiger partial charge in [-0.2, -0.15) is 10.2 Å². The molecule has 0 aliphatic rings. The van der Waals surface area contributed by atoms with Crippen molar-refractivity contribution in [2.45, 2.75) is 33.7 Å². The van der Waals surface area contributed by atoms with E-state index in [0.717, 1.165) is 28.6 Å². The van der Waals surface area contributed by atoms with Crippen LogP contribution in [-0.2, 0) is 0 Å². The molecule has 0 amide bonds. The molecule has 3 aromatic heterocycles. The molecular formula is C18H22N6. The Bertz CT molecular complexity index is 842. The minimum Gasteiger partial charge on any atom is -0.303 e. The Morgan fingerprint density at radius 2 is 2.00 bits per heavy atom. The van der Waals surface area contributed by atoms with E-state index in [-0.39, 0.29) is 0 Å². The number of nitrogens with one attached hydrogen (secondary N) is 1. The van der Waals surface area contributed by atoms with Crippen LogP contribution in [0.4, 0.5) is 5.82 Å². The van der Waals surface area contributed by atoms with E-state index in [2.05, 4.69) is 58.9 Å². The molecular weight excluding hydrogens is 300 g/mol. The molecule has 3 heterocycles. The SMILES string of the molecule is Cc1cc(/C=N\Nc2ccccn2)c(C)n1-c1ccnn1C(C)C. The molecule has 0 saturated heterocycles. The van der Waals surface area contributed by atoms with Crippen LogP contribution in [0, 0.1) is 13.8 Å². The lowest BCUT2D eigenvalue weighted by atomic mass is 10.3. The van der Waals surface area contributed by atoms with Crippen LogP contribution in [0.5, 0.6) is 0 Å². The second-order valence-electron chi connectivity index (χ2n) is 5.97. The van der Waals surface area contributed by atoms with Crippen molar-refractivity contribution in [2.24, 2.45) is 5.10 Å². The van der Waals surface area contributed by atoms with Crippen LogP contribution < -0.4 is 5.43 Å². The van der Waals surface area contributed by atoms with Gasteiger partial charge in [-0.3, -0.25) is 5.43 Å². The molecule has 3 rings (SSSR count). The molecule has 0 spiro atoms. The van der Waals surface area contributed by atoms with Crippen LogP contribution in [0.15, 0.2) is 47.8 Å². The number of aromatic nitrogens is 4. The molecule has 0 saturated carbocycles. The Kier molecular flexibility index (Phi) is 4.46. The van der Waals surface area contributed by atoms with Crippen molar-refractivity contribution in [3.63, 3.8) is 0 Å². The predicted molar refractivity (Wildman–Crippen MR) is 96.9 cm³/mol. The summed E-state index contributed by atoms with van der Waals surface area (Å²) in [6.07, 6.45) is 5.39. The first-order chi connectivity index (χ1) is 11.6. The van der Waals surface area contributed by atoms with E-state index < -0.39 is 0 Å². The summed E-state index contributed by atoms with van der Waals surface area (Å²) in [5.74, 6) is 1.79. The van der Waals surface area contributed by atoms with Gasteiger partial charge in [0.05, 0.1) is 12.4 Å². The average Bonchev–Trinajstić information content (AvgIpc) is 3.13. The lowest BCUT2D eigenvalue weighted by Crippen LogP contribution is -2.11. The van der Waals surface area contributed by atoms with Gasteiger partial charge in [0, 0.05) is 35.3 Å². The van der Waals surface area contributed by atoms with Crippen LogP contribution in [0.25, 0.3) is 5.82 Å². The zero-order valence-corrected chi connectivity index (χ0v) is 14.4. The van der Waals surface area contributed by atoms with Gasteiger partial charge in [-0.15, -0.1) is 0 Å². The summed E-state index contributed by atoms with van der Waals surface area (Å²) < 4.78 is 4.22. The third-order valence-corrected chi connectivity index (χ3v) is 3.89. The minimum absolute atomic E-state index is 0.305. The van der Waals surface area contributed by atoms with Crippen LogP contribution in [0.1, 0.15) is 36.8 Å². The third kappa shape index (κ3) is 3.08. The fourth-order valence-corrected chi connectivity index (χ4v) is 2.75. The normalized spacial score (nSPS) is 11.5. The zero-order valence-electron chi connectivity index (χ0n) is 14.4. The second-order valence-corrected chi connectivity index (χ2v) is 5.97. The van der Waals surface area contributed by atoms with Crippen molar-refractivity contribution in [1.82, 2.24) is 19.3 Å². The monoisotopic (exact) mass is 322 g/mol. The number of aryl methyl sites for hydroxylation is 1. The van der Waals surface area contributed by atoms with Crippen molar-refractivity contribution in [1.29, 1.82) is 0 Å². The number of pyridine rings is 1. The number of hydrogen-bond donors (Lipinski definition) is 1. The predicted octanol–water partition coefficient (Wildman–Crippen LogP) is 3.71. The molecule has 24 heavy (non-hydrogen) atoms. The van der Waals surface area contributed by atoms with Crippen LogP contribution in [0.3, 0.4) is 0 Å². The first-order valence-corrected chi connectivity index (χ1v) is 8.01. The Labute approximate surface area is 141 Å². The summed E-state index contributed by atoms with van der Waals surface area (Å²) in [5, 5.41) is 8.72. The highest BCUT2D eigenvalue weighted by molar-refractivity contribution is 5.82. The van der Waals surface area contributed by atoms with Crippen molar-refractivity contribution < 1.29 is 0 Å².